The van der Waals surface area contributed by atoms with Gasteiger partial charge in [0.05, 0.1) is 11.0 Å². The molecule has 10 nitrogen and oxygen atoms in total. The molecule has 3 N–H and O–H groups in total. The number of hydrogen-bond donors (Lipinski definition) is 3. The summed E-state index contributed by atoms with van der Waals surface area (Å²) in [6, 6.07) is 3.41. The molecule has 1 aliphatic heterocycles. The van der Waals surface area contributed by atoms with Crippen LogP contribution in [0.1, 0.15) is 36.9 Å². The molecule has 35 heavy (non-hydrogen) atoms. The Morgan fingerprint density at radius 2 is 1.97 bits per heavy atom. The van der Waals surface area contributed by atoms with Gasteiger partial charge >= 0.3 is 5.97 Å². The second-order valence-electron chi connectivity index (χ2n) is 8.91. The number of carbonyl (C=O) groups excluding carboxylic acids is 1. The number of nitrogens with one attached hydrogen (secondary N) is 2. The number of carbonyl (C=O) groups is 2. The molecule has 11 heteroatoms. The van der Waals surface area contributed by atoms with Crippen LogP contribution in [0.2, 0.25) is 0 Å². The summed E-state index contributed by atoms with van der Waals surface area (Å²) in [5, 5.41) is 15.9. The van der Waals surface area contributed by atoms with Gasteiger partial charge in [-0.25, -0.2) is 19.7 Å². The van der Waals surface area contributed by atoms with E-state index in [1.807, 2.05) is 4.90 Å². The molecule has 0 bridgehead atoms. The monoisotopic (exact) mass is 547 g/mol. The number of aryl methyl sites for hydroxylation is 2. The third-order valence-corrected chi connectivity index (χ3v) is 6.33. The number of aromatic nitrogens is 3. The fourth-order valence-electron chi connectivity index (χ4n) is 3.86. The maximum Gasteiger partial charge on any atom is 0.326 e. The molecular weight excluding hydrogens is 514 g/mol. The van der Waals surface area contributed by atoms with Gasteiger partial charge in [-0.05, 0) is 72.6 Å². The standard InChI is InChI=1S/C24H34BrN7O3/c1-31(2)21(33)16-32(13-10-20(23(34)35)30-24-27-14-18(25)15-28-24)12-4-3-7-19-9-8-17-6-5-11-26-22(17)29-19/h8-9,14-15,20H,3-7,10-13,16H2,1-2H3,(H,26,29)(H,34,35)(H,27,28,30)/t20-/m0/s1. The zero-order valence-electron chi connectivity index (χ0n) is 20.3. The molecule has 1 amide bonds. The number of carboxylic acids is 1. The van der Waals surface area contributed by atoms with Crippen molar-refractivity contribution in [3.63, 3.8) is 0 Å². The summed E-state index contributed by atoms with van der Waals surface area (Å²) in [4.78, 5) is 40.7. The molecule has 0 aliphatic carbocycles. The molecule has 190 valence electrons. The van der Waals surface area contributed by atoms with Gasteiger partial charge in [0.1, 0.15) is 11.9 Å². The van der Waals surface area contributed by atoms with Crippen LogP contribution in [0.25, 0.3) is 0 Å². The summed E-state index contributed by atoms with van der Waals surface area (Å²) < 4.78 is 0.713. The average molecular weight is 548 g/mol. The fraction of sp³-hybridized carbons (Fsp3) is 0.542. The van der Waals surface area contributed by atoms with Crippen molar-refractivity contribution >= 4 is 39.6 Å². The summed E-state index contributed by atoms with van der Waals surface area (Å²) in [5.41, 5.74) is 2.35. The third kappa shape index (κ3) is 8.74. The SMILES string of the molecule is CN(C)C(=O)CN(CCCCc1ccc2c(n1)NCCC2)CC[C@H](Nc1ncc(Br)cn1)C(=O)O. The van der Waals surface area contributed by atoms with Crippen molar-refractivity contribution in [3.8, 4) is 0 Å². The topological polar surface area (TPSA) is 124 Å². The third-order valence-electron chi connectivity index (χ3n) is 5.92. The largest absolute Gasteiger partial charge is 0.480 e. The minimum atomic E-state index is -0.984. The van der Waals surface area contributed by atoms with Crippen molar-refractivity contribution in [2.24, 2.45) is 0 Å². The molecule has 0 aromatic carbocycles. The van der Waals surface area contributed by atoms with Gasteiger partial charge in [-0.1, -0.05) is 6.07 Å². The van der Waals surface area contributed by atoms with Gasteiger partial charge in [0.15, 0.2) is 0 Å². The van der Waals surface area contributed by atoms with Crippen LogP contribution in [0.5, 0.6) is 0 Å². The van der Waals surface area contributed by atoms with E-state index in [1.165, 1.54) is 5.56 Å². The van der Waals surface area contributed by atoms with Crippen molar-refractivity contribution in [3.05, 3.63) is 40.3 Å². The van der Waals surface area contributed by atoms with Gasteiger partial charge in [-0.15, -0.1) is 0 Å². The first kappa shape index (κ1) is 26.8. The normalized spacial score (nSPS) is 13.6. The quantitative estimate of drug-likeness (QED) is 0.324. The second-order valence-corrected chi connectivity index (χ2v) is 9.83. The average Bonchev–Trinajstić information content (AvgIpc) is 2.84. The number of amides is 1. The van der Waals surface area contributed by atoms with E-state index >= 15 is 0 Å². The summed E-state index contributed by atoms with van der Waals surface area (Å²) >= 11 is 3.27. The van der Waals surface area contributed by atoms with E-state index in [2.05, 4.69) is 48.7 Å². The molecule has 1 atom stereocenters. The molecule has 2 aromatic heterocycles. The van der Waals surface area contributed by atoms with Crippen molar-refractivity contribution in [2.75, 3.05) is 50.9 Å². The Morgan fingerprint density at radius 3 is 2.69 bits per heavy atom. The Bertz CT molecular complexity index is 988. The van der Waals surface area contributed by atoms with Crippen LogP contribution < -0.4 is 10.6 Å². The summed E-state index contributed by atoms with van der Waals surface area (Å²) in [5.74, 6) is 0.267. The maximum absolute atomic E-state index is 12.4. The van der Waals surface area contributed by atoms with Crippen LogP contribution in [0.3, 0.4) is 0 Å². The van der Waals surface area contributed by atoms with E-state index in [1.54, 1.807) is 31.4 Å². The number of anilines is 2. The van der Waals surface area contributed by atoms with Crippen LogP contribution in [0.15, 0.2) is 29.0 Å². The maximum atomic E-state index is 12.4. The van der Waals surface area contributed by atoms with E-state index in [-0.39, 0.29) is 18.4 Å². The predicted octanol–water partition coefficient (Wildman–Crippen LogP) is 2.66. The lowest BCUT2D eigenvalue weighted by Crippen LogP contribution is -2.40. The number of rotatable bonds is 13. The number of fused-ring (bicyclic) bond motifs is 1. The molecular formula is C24H34BrN7O3. The molecule has 0 radical (unpaired) electrons. The van der Waals surface area contributed by atoms with Gasteiger partial charge in [-0.2, -0.15) is 0 Å². The molecule has 0 saturated carbocycles. The summed E-state index contributed by atoms with van der Waals surface area (Å²) in [6.07, 6.45) is 8.33. The predicted molar refractivity (Wildman–Crippen MR) is 139 cm³/mol. The van der Waals surface area contributed by atoms with Crippen LogP contribution >= 0.6 is 15.9 Å². The highest BCUT2D eigenvalue weighted by Crippen LogP contribution is 2.20. The molecule has 3 rings (SSSR count). The first-order valence-electron chi connectivity index (χ1n) is 11.9. The molecule has 0 unspecified atom stereocenters. The van der Waals surface area contributed by atoms with E-state index in [4.69, 9.17) is 4.98 Å². The van der Waals surface area contributed by atoms with Crippen molar-refractivity contribution in [1.29, 1.82) is 0 Å². The Kier molecular flexibility index (Phi) is 10.2. The van der Waals surface area contributed by atoms with Gasteiger partial charge in [0, 0.05) is 45.3 Å². The molecule has 3 heterocycles. The summed E-state index contributed by atoms with van der Waals surface area (Å²) in [6.45, 7) is 2.37. The zero-order chi connectivity index (χ0) is 25.2. The van der Waals surface area contributed by atoms with Crippen LogP contribution in [-0.2, 0) is 22.4 Å². The number of carboxylic acid groups (broad SMARTS) is 1. The van der Waals surface area contributed by atoms with E-state index in [9.17, 15) is 14.7 Å². The van der Waals surface area contributed by atoms with E-state index < -0.39 is 12.0 Å². The van der Waals surface area contributed by atoms with Gasteiger partial charge in [-0.3, -0.25) is 9.69 Å². The number of aliphatic carboxylic acids is 1. The van der Waals surface area contributed by atoms with E-state index in [0.717, 1.165) is 50.2 Å². The summed E-state index contributed by atoms with van der Waals surface area (Å²) in [7, 11) is 3.45. The molecule has 1 aliphatic rings. The molecule has 0 spiro atoms. The number of halogens is 1. The van der Waals surface area contributed by atoms with Crippen LogP contribution in [-0.4, -0.2) is 88.1 Å². The fourth-order valence-corrected chi connectivity index (χ4v) is 4.07. The highest BCUT2D eigenvalue weighted by atomic mass is 79.9. The molecule has 0 saturated heterocycles. The van der Waals surface area contributed by atoms with Gasteiger partial charge in [0.2, 0.25) is 11.9 Å². The van der Waals surface area contributed by atoms with Crippen molar-refractivity contribution in [2.45, 2.75) is 44.6 Å². The Morgan fingerprint density at radius 1 is 1.20 bits per heavy atom. The lowest BCUT2D eigenvalue weighted by molar-refractivity contribution is -0.138. The van der Waals surface area contributed by atoms with Crippen LogP contribution in [0.4, 0.5) is 11.8 Å². The minimum Gasteiger partial charge on any atom is -0.480 e. The van der Waals surface area contributed by atoms with Gasteiger partial charge in [0.25, 0.3) is 0 Å². The first-order valence-corrected chi connectivity index (χ1v) is 12.7. The number of hydrogen-bond acceptors (Lipinski definition) is 8. The minimum absolute atomic E-state index is 0.0106. The Labute approximate surface area is 214 Å². The second kappa shape index (κ2) is 13.3. The van der Waals surface area contributed by atoms with Crippen LogP contribution in [0, 0.1) is 0 Å². The number of nitrogens with zero attached hydrogens (tertiary/aromatic N) is 5. The lowest BCUT2D eigenvalue weighted by Gasteiger charge is -2.25. The number of unbranched alkanes of at least 4 members (excludes halogenated alkanes) is 1. The van der Waals surface area contributed by atoms with Gasteiger partial charge < -0.3 is 20.6 Å². The number of likely N-dealkylation sites (N-methyl/N-ethyl adjacent to an activating group) is 1. The lowest BCUT2D eigenvalue weighted by atomic mass is 10.1. The zero-order valence-corrected chi connectivity index (χ0v) is 21.9. The highest BCUT2D eigenvalue weighted by molar-refractivity contribution is 9.10. The number of pyridine rings is 1. The molecule has 2 aromatic rings. The highest BCUT2D eigenvalue weighted by Gasteiger charge is 2.21. The Hall–Kier alpha value is -2.79. The van der Waals surface area contributed by atoms with Crippen molar-refractivity contribution in [1.82, 2.24) is 24.8 Å². The smallest absolute Gasteiger partial charge is 0.326 e. The van der Waals surface area contributed by atoms with Crippen molar-refractivity contribution < 1.29 is 14.7 Å². The Balaban J connectivity index is 1.52. The first-order chi connectivity index (χ1) is 16.8. The van der Waals surface area contributed by atoms with E-state index in [0.29, 0.717) is 24.0 Å². The molecule has 0 fully saturated rings.